The third-order valence-electron chi connectivity index (χ3n) is 9.73. The van der Waals surface area contributed by atoms with Gasteiger partial charge in [0.05, 0.1) is 12.8 Å². The smallest absolute Gasteiger partial charge is 0.336 e. The van der Waals surface area contributed by atoms with Gasteiger partial charge in [0.25, 0.3) is 0 Å². The van der Waals surface area contributed by atoms with E-state index in [1.165, 1.54) is 30.0 Å². The molecule has 0 bridgehead atoms. The Labute approximate surface area is 336 Å². The number of likely N-dealkylation sites (tertiary alicyclic amines) is 1. The van der Waals surface area contributed by atoms with E-state index < -0.39 is 114 Å². The standard InChI is InChI=1S/C40H56N6O12/c1-19(2)32(41-22(6)47)37(55)43-27(17-30(50)51)36(54)45-33(20(3)4)39(57)46-13-12-23(18-40(7,8)9)34(46)38(56)44-26(16-29(48)49)35(53)42-24-10-11-25-21(5)14-31(52)58-28(25)15-24/h10-11,14-15,19-20,23,26-27,32-34H,12-13,16-18H2,1-9H3,(H,41,47)(H,42,53)(H,43,55)(H,44,56)(H,45,54)(H,48,49)(H,50,51)/t23-,26?,27+,32+,33+,34?/m1/s1. The first-order valence-corrected chi connectivity index (χ1v) is 19.2. The normalized spacial score (nSPS) is 17.5. The fourth-order valence-electron chi connectivity index (χ4n) is 7.08. The van der Waals surface area contributed by atoms with Gasteiger partial charge >= 0.3 is 17.6 Å². The summed E-state index contributed by atoms with van der Waals surface area (Å²) in [5.74, 6) is -8.97. The molecular weight excluding hydrogens is 756 g/mol. The molecule has 6 atom stereocenters. The Balaban J connectivity index is 1.92. The van der Waals surface area contributed by atoms with Crippen LogP contribution in [-0.4, -0.2) is 99.2 Å². The van der Waals surface area contributed by atoms with E-state index in [-0.39, 0.29) is 23.2 Å². The summed E-state index contributed by atoms with van der Waals surface area (Å²) in [6.45, 7) is 15.4. The number of nitrogens with one attached hydrogen (secondary N) is 5. The summed E-state index contributed by atoms with van der Waals surface area (Å²) in [6, 6.07) is -0.984. The average Bonchev–Trinajstić information content (AvgIpc) is 3.49. The Bertz CT molecular complexity index is 1970. The van der Waals surface area contributed by atoms with Crippen LogP contribution < -0.4 is 32.2 Å². The fraction of sp³-hybridized carbons (Fsp3) is 0.575. The number of carboxylic acid groups (broad SMARTS) is 2. The molecule has 0 radical (unpaired) electrons. The second-order valence-electron chi connectivity index (χ2n) is 16.7. The molecule has 6 amide bonds. The minimum atomic E-state index is -1.64. The number of hydrogen-bond acceptors (Lipinski definition) is 10. The van der Waals surface area contributed by atoms with Gasteiger partial charge < -0.3 is 46.1 Å². The number of nitrogens with zero attached hydrogens (tertiary/aromatic N) is 1. The Morgan fingerprint density at radius 2 is 1.40 bits per heavy atom. The molecule has 0 aliphatic carbocycles. The molecule has 2 unspecified atom stereocenters. The van der Waals surface area contributed by atoms with E-state index in [9.17, 15) is 53.4 Å². The lowest BCUT2D eigenvalue weighted by molar-refractivity contribution is -0.146. The molecule has 0 spiro atoms. The molecule has 1 aromatic heterocycles. The number of anilines is 1. The summed E-state index contributed by atoms with van der Waals surface area (Å²) in [6.07, 6.45) is -0.854. The minimum absolute atomic E-state index is 0.0658. The lowest BCUT2D eigenvalue weighted by atomic mass is 9.81. The van der Waals surface area contributed by atoms with Gasteiger partial charge in [-0.2, -0.15) is 0 Å². The third kappa shape index (κ3) is 12.9. The molecule has 1 aliphatic heterocycles. The van der Waals surface area contributed by atoms with Crippen molar-refractivity contribution in [2.75, 3.05) is 11.9 Å². The number of amides is 6. The highest BCUT2D eigenvalue weighted by atomic mass is 16.4. The predicted octanol–water partition coefficient (Wildman–Crippen LogP) is 1.91. The molecule has 1 aliphatic rings. The summed E-state index contributed by atoms with van der Waals surface area (Å²) >= 11 is 0. The zero-order valence-corrected chi connectivity index (χ0v) is 34.4. The highest BCUT2D eigenvalue weighted by Crippen LogP contribution is 2.36. The number of hydrogen-bond donors (Lipinski definition) is 7. The maximum Gasteiger partial charge on any atom is 0.336 e. The number of carbonyl (C=O) groups excluding carboxylic acids is 6. The van der Waals surface area contributed by atoms with Crippen molar-refractivity contribution in [2.24, 2.45) is 23.2 Å². The van der Waals surface area contributed by atoms with Gasteiger partial charge in [0.2, 0.25) is 35.4 Å². The van der Waals surface area contributed by atoms with Gasteiger partial charge in [-0.05, 0) is 60.6 Å². The van der Waals surface area contributed by atoms with Crippen LogP contribution in [-0.2, 0) is 38.4 Å². The fourth-order valence-corrected chi connectivity index (χ4v) is 7.08. The second kappa shape index (κ2) is 19.6. The van der Waals surface area contributed by atoms with Crippen LogP contribution in [0.1, 0.15) is 86.6 Å². The van der Waals surface area contributed by atoms with Gasteiger partial charge in [-0.25, -0.2) is 4.79 Å². The van der Waals surface area contributed by atoms with Crippen molar-refractivity contribution in [3.8, 4) is 0 Å². The number of carboxylic acids is 2. The summed E-state index contributed by atoms with van der Waals surface area (Å²) in [5.41, 5.74) is 0.0596. The van der Waals surface area contributed by atoms with E-state index in [0.29, 0.717) is 23.8 Å². The summed E-state index contributed by atoms with van der Waals surface area (Å²) in [5, 5.41) is 32.5. The van der Waals surface area contributed by atoms with Crippen LogP contribution in [0.3, 0.4) is 0 Å². The van der Waals surface area contributed by atoms with Crippen molar-refractivity contribution >= 4 is 64.0 Å². The summed E-state index contributed by atoms with van der Waals surface area (Å²) in [7, 11) is 0. The zero-order valence-electron chi connectivity index (χ0n) is 34.4. The van der Waals surface area contributed by atoms with Crippen molar-refractivity contribution in [3.63, 3.8) is 0 Å². The Kier molecular flexibility index (Phi) is 15.7. The van der Waals surface area contributed by atoms with Gasteiger partial charge in [0.1, 0.15) is 35.8 Å². The highest BCUT2D eigenvalue weighted by molar-refractivity contribution is 6.02. The van der Waals surface area contributed by atoms with Crippen LogP contribution >= 0.6 is 0 Å². The van der Waals surface area contributed by atoms with Gasteiger partial charge in [-0.1, -0.05) is 48.5 Å². The largest absolute Gasteiger partial charge is 0.481 e. The van der Waals surface area contributed by atoms with E-state index in [2.05, 4.69) is 26.6 Å². The molecular formula is C40H56N6O12. The average molecular weight is 813 g/mol. The molecule has 58 heavy (non-hydrogen) atoms. The first-order chi connectivity index (χ1) is 26.9. The van der Waals surface area contributed by atoms with Crippen molar-refractivity contribution in [3.05, 3.63) is 40.2 Å². The van der Waals surface area contributed by atoms with E-state index in [4.69, 9.17) is 4.42 Å². The quantitative estimate of drug-likeness (QED) is 0.113. The lowest BCUT2D eigenvalue weighted by Crippen LogP contribution is -2.61. The summed E-state index contributed by atoms with van der Waals surface area (Å²) < 4.78 is 5.25. The molecule has 7 N–H and O–H groups in total. The first kappa shape index (κ1) is 46.6. The van der Waals surface area contributed by atoms with Crippen molar-refractivity contribution in [2.45, 2.75) is 118 Å². The summed E-state index contributed by atoms with van der Waals surface area (Å²) in [4.78, 5) is 118. The van der Waals surface area contributed by atoms with Gasteiger partial charge in [0.15, 0.2) is 0 Å². The van der Waals surface area contributed by atoms with Crippen LogP contribution in [0.15, 0.2) is 33.5 Å². The van der Waals surface area contributed by atoms with E-state index in [0.717, 1.165) is 0 Å². The van der Waals surface area contributed by atoms with Gasteiger partial charge in [-0.15, -0.1) is 0 Å². The minimum Gasteiger partial charge on any atom is -0.481 e. The Hall–Kier alpha value is -5.81. The van der Waals surface area contributed by atoms with Crippen molar-refractivity contribution < 1.29 is 53.0 Å². The number of rotatable bonds is 17. The van der Waals surface area contributed by atoms with Gasteiger partial charge in [0, 0.05) is 36.7 Å². The number of fused-ring (bicyclic) bond motifs is 1. The van der Waals surface area contributed by atoms with Crippen LogP contribution in [0.4, 0.5) is 5.69 Å². The number of benzene rings is 1. The number of aryl methyl sites for hydroxylation is 1. The first-order valence-electron chi connectivity index (χ1n) is 19.2. The molecule has 1 saturated heterocycles. The molecule has 1 fully saturated rings. The molecule has 18 nitrogen and oxygen atoms in total. The van der Waals surface area contributed by atoms with Gasteiger partial charge in [-0.3, -0.25) is 38.4 Å². The third-order valence-corrected chi connectivity index (χ3v) is 9.73. The number of carbonyl (C=O) groups is 8. The second-order valence-corrected chi connectivity index (χ2v) is 16.7. The molecule has 2 aromatic rings. The van der Waals surface area contributed by atoms with Crippen LogP contribution in [0.2, 0.25) is 0 Å². The molecule has 0 saturated carbocycles. The Morgan fingerprint density at radius 1 is 0.810 bits per heavy atom. The topological polar surface area (TPSA) is 271 Å². The molecule has 318 valence electrons. The van der Waals surface area contributed by atoms with Crippen molar-refractivity contribution in [1.82, 2.24) is 26.2 Å². The monoisotopic (exact) mass is 812 g/mol. The lowest BCUT2D eigenvalue weighted by Gasteiger charge is -2.34. The molecule has 3 rings (SSSR count). The van der Waals surface area contributed by atoms with E-state index in [1.54, 1.807) is 40.7 Å². The maximum absolute atomic E-state index is 14.4. The van der Waals surface area contributed by atoms with Crippen LogP contribution in [0.25, 0.3) is 11.0 Å². The molecule has 1 aromatic carbocycles. The molecule has 18 heteroatoms. The maximum atomic E-state index is 14.4. The SMILES string of the molecule is CC(=O)N[C@H](C(=O)N[C@@H](CC(=O)O)C(=O)N[C@H](C(=O)N1CC[C@H](CC(C)(C)C)C1C(=O)NC(CC(=O)O)C(=O)Nc1ccc2c(C)cc(=O)oc2c1)C(C)C)C(C)C. The van der Waals surface area contributed by atoms with E-state index >= 15 is 0 Å². The Morgan fingerprint density at radius 3 is 1.93 bits per heavy atom. The van der Waals surface area contributed by atoms with E-state index in [1.807, 2.05) is 20.8 Å². The highest BCUT2D eigenvalue weighted by Gasteiger charge is 2.46. The van der Waals surface area contributed by atoms with Crippen LogP contribution in [0.5, 0.6) is 0 Å². The predicted molar refractivity (Wildman–Crippen MR) is 211 cm³/mol. The molecule has 2 heterocycles. The number of aliphatic carboxylic acids is 2. The zero-order chi connectivity index (χ0) is 43.8. The van der Waals surface area contributed by atoms with Crippen LogP contribution in [0, 0.1) is 30.1 Å². The van der Waals surface area contributed by atoms with Crippen molar-refractivity contribution in [1.29, 1.82) is 0 Å².